The Kier molecular flexibility index (Phi) is 11.0. The van der Waals surface area contributed by atoms with E-state index in [2.05, 4.69) is 15.6 Å². The van der Waals surface area contributed by atoms with Gasteiger partial charge in [0, 0.05) is 19.2 Å². The van der Waals surface area contributed by atoms with E-state index < -0.39 is 0 Å². The summed E-state index contributed by atoms with van der Waals surface area (Å²) >= 11 is 0. The highest BCUT2D eigenvalue weighted by Crippen LogP contribution is 2.13. The first-order chi connectivity index (χ1) is 9.65. The fourth-order valence-electron chi connectivity index (χ4n) is 1.55. The minimum Gasteiger partial charge on any atom is -0.489 e. The summed E-state index contributed by atoms with van der Waals surface area (Å²) in [4.78, 5) is 4.33. The number of hydrogen-bond donors (Lipinski definition) is 3. The summed E-state index contributed by atoms with van der Waals surface area (Å²) in [7, 11) is 0. The SMILES string of the molecule is CCNC(=NCC(C)Oc1cccc(F)c1)NCCO.I. The molecule has 0 fully saturated rings. The van der Waals surface area contributed by atoms with Gasteiger partial charge in [0.1, 0.15) is 17.7 Å². The highest BCUT2D eigenvalue weighted by atomic mass is 127. The number of aliphatic hydroxyl groups excluding tert-OH is 1. The molecule has 0 aliphatic carbocycles. The van der Waals surface area contributed by atoms with E-state index in [0.29, 0.717) is 24.8 Å². The predicted octanol–water partition coefficient (Wildman–Crippen LogP) is 1.76. The van der Waals surface area contributed by atoms with E-state index in [0.717, 1.165) is 6.54 Å². The van der Waals surface area contributed by atoms with Gasteiger partial charge in [-0.3, -0.25) is 0 Å². The molecule has 0 aliphatic heterocycles. The van der Waals surface area contributed by atoms with Gasteiger partial charge in [-0.05, 0) is 26.0 Å². The van der Waals surface area contributed by atoms with Gasteiger partial charge in [-0.1, -0.05) is 6.07 Å². The van der Waals surface area contributed by atoms with Crippen LogP contribution in [0.2, 0.25) is 0 Å². The Morgan fingerprint density at radius 1 is 1.43 bits per heavy atom. The number of nitrogens with zero attached hydrogens (tertiary/aromatic N) is 1. The molecule has 0 saturated carbocycles. The van der Waals surface area contributed by atoms with Crippen LogP contribution in [0.25, 0.3) is 0 Å². The zero-order valence-corrected chi connectivity index (χ0v) is 14.6. The van der Waals surface area contributed by atoms with E-state index in [9.17, 15) is 4.39 Å². The van der Waals surface area contributed by atoms with Crippen LogP contribution in [0.3, 0.4) is 0 Å². The Morgan fingerprint density at radius 3 is 2.81 bits per heavy atom. The average molecular weight is 411 g/mol. The molecule has 1 atom stereocenters. The molecule has 1 unspecified atom stereocenters. The van der Waals surface area contributed by atoms with Crippen LogP contribution < -0.4 is 15.4 Å². The van der Waals surface area contributed by atoms with Crippen molar-refractivity contribution in [2.24, 2.45) is 4.99 Å². The molecule has 1 aromatic carbocycles. The average Bonchev–Trinajstić information content (AvgIpc) is 2.42. The van der Waals surface area contributed by atoms with Gasteiger partial charge < -0.3 is 20.5 Å². The summed E-state index contributed by atoms with van der Waals surface area (Å²) < 4.78 is 18.6. The van der Waals surface area contributed by atoms with Crippen molar-refractivity contribution in [1.29, 1.82) is 0 Å². The lowest BCUT2D eigenvalue weighted by atomic mass is 10.3. The highest BCUT2D eigenvalue weighted by Gasteiger charge is 2.05. The third-order valence-electron chi connectivity index (χ3n) is 2.39. The number of aliphatic hydroxyl groups is 1. The monoisotopic (exact) mass is 411 g/mol. The van der Waals surface area contributed by atoms with Crippen LogP contribution in [0.1, 0.15) is 13.8 Å². The summed E-state index contributed by atoms with van der Waals surface area (Å²) in [6.45, 7) is 5.46. The molecule has 0 radical (unpaired) electrons. The van der Waals surface area contributed by atoms with Gasteiger partial charge in [-0.25, -0.2) is 9.38 Å². The third kappa shape index (κ3) is 8.71. The van der Waals surface area contributed by atoms with Crippen LogP contribution in [0, 0.1) is 5.82 Å². The lowest BCUT2D eigenvalue weighted by Gasteiger charge is -2.14. The summed E-state index contributed by atoms with van der Waals surface area (Å²) in [5, 5.41) is 14.8. The molecule has 1 aromatic rings. The van der Waals surface area contributed by atoms with Gasteiger partial charge in [0.25, 0.3) is 0 Å². The first-order valence-electron chi connectivity index (χ1n) is 6.71. The molecule has 0 aromatic heterocycles. The first kappa shape index (κ1) is 19.9. The number of hydrogen-bond acceptors (Lipinski definition) is 3. The van der Waals surface area contributed by atoms with Crippen LogP contribution in [-0.2, 0) is 0 Å². The van der Waals surface area contributed by atoms with Crippen molar-refractivity contribution in [3.05, 3.63) is 30.1 Å². The van der Waals surface area contributed by atoms with Crippen LogP contribution in [-0.4, -0.2) is 43.4 Å². The molecule has 120 valence electrons. The van der Waals surface area contributed by atoms with E-state index in [1.165, 1.54) is 12.1 Å². The molecule has 0 spiro atoms. The largest absolute Gasteiger partial charge is 0.489 e. The van der Waals surface area contributed by atoms with Gasteiger partial charge in [0.05, 0.1) is 13.2 Å². The molecule has 7 heteroatoms. The molecule has 0 amide bonds. The molecular formula is C14H23FIN3O2. The standard InChI is InChI=1S/C14H22FN3O2.HI/c1-3-16-14(17-7-8-19)18-10-11(2)20-13-6-4-5-12(15)9-13;/h4-6,9,11,19H,3,7-8,10H2,1-2H3,(H2,16,17,18);1H. The molecule has 1 rings (SSSR count). The Morgan fingerprint density at radius 2 is 2.19 bits per heavy atom. The molecule has 0 heterocycles. The molecule has 21 heavy (non-hydrogen) atoms. The summed E-state index contributed by atoms with van der Waals surface area (Å²) in [5.74, 6) is 0.786. The number of benzene rings is 1. The number of nitrogens with one attached hydrogen (secondary N) is 2. The lowest BCUT2D eigenvalue weighted by Crippen LogP contribution is -2.39. The minimum atomic E-state index is -0.323. The maximum absolute atomic E-state index is 13.0. The van der Waals surface area contributed by atoms with Crippen LogP contribution >= 0.6 is 24.0 Å². The molecule has 0 saturated heterocycles. The lowest BCUT2D eigenvalue weighted by molar-refractivity contribution is 0.229. The van der Waals surface area contributed by atoms with E-state index in [1.807, 2.05) is 13.8 Å². The quantitative estimate of drug-likeness (QED) is 0.364. The summed E-state index contributed by atoms with van der Waals surface area (Å²) in [5.41, 5.74) is 0. The van der Waals surface area contributed by atoms with Gasteiger partial charge in [-0.2, -0.15) is 0 Å². The van der Waals surface area contributed by atoms with E-state index in [4.69, 9.17) is 9.84 Å². The van der Waals surface area contributed by atoms with Crippen molar-refractivity contribution in [3.8, 4) is 5.75 Å². The second kappa shape index (κ2) is 11.6. The second-order valence-electron chi connectivity index (χ2n) is 4.26. The van der Waals surface area contributed by atoms with Crippen LogP contribution in [0.15, 0.2) is 29.3 Å². The Bertz CT molecular complexity index is 432. The highest BCUT2D eigenvalue weighted by molar-refractivity contribution is 14.0. The molecule has 3 N–H and O–H groups in total. The second-order valence-corrected chi connectivity index (χ2v) is 4.26. The van der Waals surface area contributed by atoms with Crippen molar-refractivity contribution < 1.29 is 14.2 Å². The minimum absolute atomic E-state index is 0. The fraction of sp³-hybridized carbons (Fsp3) is 0.500. The zero-order valence-electron chi connectivity index (χ0n) is 12.3. The Balaban J connectivity index is 0.00000400. The van der Waals surface area contributed by atoms with Crippen molar-refractivity contribution in [2.75, 3.05) is 26.2 Å². The smallest absolute Gasteiger partial charge is 0.191 e. The first-order valence-corrected chi connectivity index (χ1v) is 6.71. The topological polar surface area (TPSA) is 65.9 Å². The summed E-state index contributed by atoms with van der Waals surface area (Å²) in [6.07, 6.45) is -0.179. The number of halogens is 2. The van der Waals surface area contributed by atoms with E-state index >= 15 is 0 Å². The van der Waals surface area contributed by atoms with Crippen molar-refractivity contribution >= 4 is 29.9 Å². The van der Waals surface area contributed by atoms with Crippen molar-refractivity contribution in [3.63, 3.8) is 0 Å². The number of ether oxygens (including phenoxy) is 1. The predicted molar refractivity (Wildman–Crippen MR) is 93.0 cm³/mol. The van der Waals surface area contributed by atoms with Gasteiger partial charge in [0.2, 0.25) is 0 Å². The van der Waals surface area contributed by atoms with Gasteiger partial charge in [0.15, 0.2) is 5.96 Å². The third-order valence-corrected chi connectivity index (χ3v) is 2.39. The molecule has 0 aliphatic rings. The zero-order chi connectivity index (χ0) is 14.8. The van der Waals surface area contributed by atoms with E-state index in [-0.39, 0.29) is 42.5 Å². The van der Waals surface area contributed by atoms with Crippen molar-refractivity contribution in [2.45, 2.75) is 20.0 Å². The van der Waals surface area contributed by atoms with Gasteiger partial charge >= 0.3 is 0 Å². The van der Waals surface area contributed by atoms with Crippen LogP contribution in [0.4, 0.5) is 4.39 Å². The maximum atomic E-state index is 13.0. The van der Waals surface area contributed by atoms with Crippen LogP contribution in [0.5, 0.6) is 5.75 Å². The normalized spacial score (nSPS) is 12.3. The number of aliphatic imine (C=N–C) groups is 1. The van der Waals surface area contributed by atoms with Crippen molar-refractivity contribution in [1.82, 2.24) is 10.6 Å². The number of guanidine groups is 1. The van der Waals surface area contributed by atoms with E-state index in [1.54, 1.807) is 12.1 Å². The summed E-state index contributed by atoms with van der Waals surface area (Å²) in [6, 6.07) is 6.03. The molecule has 5 nitrogen and oxygen atoms in total. The number of rotatable bonds is 7. The molecular weight excluding hydrogens is 388 g/mol. The Hall–Kier alpha value is -1.09. The molecule has 0 bridgehead atoms. The Labute approximate surface area is 142 Å². The maximum Gasteiger partial charge on any atom is 0.191 e. The van der Waals surface area contributed by atoms with Gasteiger partial charge in [-0.15, -0.1) is 24.0 Å². The fourth-order valence-corrected chi connectivity index (χ4v) is 1.55.